The standard InChI is InChI=1S/C10H18.C3H6O.C2H4O2/c1-7-4-5-8-6-9(7)10(8,2)3;1-3(2)4;1-2(3)4/h7-9H,4-6H2,1-3H3;1-2H3;1H3,(H,3,4). The molecule has 3 atom stereocenters. The number of carboxylic acid groups (broad SMARTS) is 1. The van der Waals surface area contributed by atoms with E-state index in [0.29, 0.717) is 5.41 Å². The number of aliphatic carboxylic acids is 1. The molecular weight excluding hydrogens is 228 g/mol. The first kappa shape index (κ1) is 17.1. The number of carboxylic acids is 1. The van der Waals surface area contributed by atoms with E-state index in [2.05, 4.69) is 20.8 Å². The molecule has 106 valence electrons. The number of Topliss-reactive ketones (excluding diaryl/α,β-unsaturated/α-hetero) is 1. The van der Waals surface area contributed by atoms with Gasteiger partial charge in [0, 0.05) is 6.92 Å². The molecule has 3 heteroatoms. The minimum absolute atomic E-state index is 0.167. The summed E-state index contributed by atoms with van der Waals surface area (Å²) in [7, 11) is 0. The third-order valence-corrected chi connectivity index (χ3v) is 4.20. The molecule has 3 nitrogen and oxygen atoms in total. The van der Waals surface area contributed by atoms with Crippen LogP contribution in [0, 0.1) is 23.2 Å². The van der Waals surface area contributed by atoms with Crippen LogP contribution in [0.25, 0.3) is 0 Å². The Hall–Kier alpha value is -0.860. The van der Waals surface area contributed by atoms with Crippen LogP contribution in [-0.4, -0.2) is 16.9 Å². The van der Waals surface area contributed by atoms with Crippen LogP contribution in [0.2, 0.25) is 0 Å². The Kier molecular flexibility index (Phi) is 6.58. The van der Waals surface area contributed by atoms with E-state index in [1.807, 2.05) is 0 Å². The van der Waals surface area contributed by atoms with Gasteiger partial charge in [-0.25, -0.2) is 0 Å². The van der Waals surface area contributed by atoms with E-state index in [-0.39, 0.29) is 5.78 Å². The first-order valence-corrected chi connectivity index (χ1v) is 6.75. The summed E-state index contributed by atoms with van der Waals surface area (Å²) in [6.07, 6.45) is 4.54. The second kappa shape index (κ2) is 6.91. The van der Waals surface area contributed by atoms with Gasteiger partial charge in [0.25, 0.3) is 5.97 Å². The van der Waals surface area contributed by atoms with Crippen molar-refractivity contribution in [2.24, 2.45) is 23.2 Å². The molecule has 3 aliphatic rings. The van der Waals surface area contributed by atoms with Gasteiger partial charge >= 0.3 is 0 Å². The average Bonchev–Trinajstić information content (AvgIpc) is 2.15. The highest BCUT2D eigenvalue weighted by Gasteiger charge is 2.52. The predicted octanol–water partition coefficient (Wildman–Crippen LogP) is 3.76. The van der Waals surface area contributed by atoms with E-state index in [9.17, 15) is 4.79 Å². The summed E-state index contributed by atoms with van der Waals surface area (Å²) in [5.41, 5.74) is 0.706. The Balaban J connectivity index is 0.000000307. The highest BCUT2D eigenvalue weighted by molar-refractivity contribution is 5.72. The van der Waals surface area contributed by atoms with Crippen molar-refractivity contribution in [2.75, 3.05) is 0 Å². The Morgan fingerprint density at radius 1 is 1.11 bits per heavy atom. The number of rotatable bonds is 0. The molecule has 0 aromatic rings. The fourth-order valence-electron chi connectivity index (χ4n) is 3.18. The molecule has 3 aliphatic carbocycles. The number of hydrogen-bond donors (Lipinski definition) is 1. The van der Waals surface area contributed by atoms with Crippen molar-refractivity contribution in [2.45, 2.75) is 60.8 Å². The molecule has 0 radical (unpaired) electrons. The summed E-state index contributed by atoms with van der Waals surface area (Å²) < 4.78 is 0. The summed E-state index contributed by atoms with van der Waals surface area (Å²) in [6, 6.07) is 0. The Labute approximate surface area is 111 Å². The molecule has 18 heavy (non-hydrogen) atoms. The van der Waals surface area contributed by atoms with Crippen LogP contribution in [-0.2, 0) is 9.59 Å². The third-order valence-electron chi connectivity index (χ3n) is 4.20. The lowest BCUT2D eigenvalue weighted by molar-refractivity contribution is -0.134. The lowest BCUT2D eigenvalue weighted by Crippen LogP contribution is -2.51. The molecule has 0 aliphatic heterocycles. The summed E-state index contributed by atoms with van der Waals surface area (Å²) in [4.78, 5) is 18.4. The van der Waals surface area contributed by atoms with Gasteiger partial charge in [0.2, 0.25) is 0 Å². The average molecular weight is 256 g/mol. The van der Waals surface area contributed by atoms with E-state index in [1.165, 1.54) is 33.1 Å². The van der Waals surface area contributed by atoms with Crippen LogP contribution in [0.15, 0.2) is 0 Å². The molecule has 3 unspecified atom stereocenters. The number of carbonyl (C=O) groups excluding carboxylic acids is 1. The molecule has 3 rings (SSSR count). The Bertz CT molecular complexity index is 272. The summed E-state index contributed by atoms with van der Waals surface area (Å²) >= 11 is 0. The maximum absolute atomic E-state index is 9.44. The van der Waals surface area contributed by atoms with Crippen LogP contribution >= 0.6 is 0 Å². The lowest BCUT2D eigenvalue weighted by Gasteiger charge is -2.59. The molecule has 0 saturated heterocycles. The predicted molar refractivity (Wildman–Crippen MR) is 73.4 cm³/mol. The maximum atomic E-state index is 9.44. The monoisotopic (exact) mass is 256 g/mol. The van der Waals surface area contributed by atoms with Gasteiger partial charge in [-0.15, -0.1) is 0 Å². The van der Waals surface area contributed by atoms with Crippen LogP contribution in [0.1, 0.15) is 60.8 Å². The van der Waals surface area contributed by atoms with Gasteiger partial charge in [0.05, 0.1) is 0 Å². The fraction of sp³-hybridized carbons (Fsp3) is 0.867. The second-order valence-corrected chi connectivity index (χ2v) is 6.34. The second-order valence-electron chi connectivity index (χ2n) is 6.34. The van der Waals surface area contributed by atoms with Crippen molar-refractivity contribution in [3.05, 3.63) is 0 Å². The molecule has 0 aromatic heterocycles. The van der Waals surface area contributed by atoms with Gasteiger partial charge in [-0.1, -0.05) is 27.2 Å². The van der Waals surface area contributed by atoms with Gasteiger partial charge in [-0.2, -0.15) is 0 Å². The molecular formula is C15H28O3. The van der Waals surface area contributed by atoms with E-state index >= 15 is 0 Å². The quantitative estimate of drug-likeness (QED) is 0.718. The lowest BCUT2D eigenvalue weighted by atomic mass is 9.46. The van der Waals surface area contributed by atoms with E-state index in [1.54, 1.807) is 0 Å². The minimum atomic E-state index is -0.833. The number of ketones is 1. The zero-order valence-corrected chi connectivity index (χ0v) is 12.6. The van der Waals surface area contributed by atoms with Crippen molar-refractivity contribution >= 4 is 11.8 Å². The van der Waals surface area contributed by atoms with Gasteiger partial charge in [0.15, 0.2) is 0 Å². The van der Waals surface area contributed by atoms with Crippen LogP contribution in [0.4, 0.5) is 0 Å². The van der Waals surface area contributed by atoms with Crippen molar-refractivity contribution in [1.29, 1.82) is 0 Å². The van der Waals surface area contributed by atoms with Crippen molar-refractivity contribution in [3.8, 4) is 0 Å². The van der Waals surface area contributed by atoms with Crippen LogP contribution in [0.3, 0.4) is 0 Å². The highest BCUT2D eigenvalue weighted by Crippen LogP contribution is 2.61. The van der Waals surface area contributed by atoms with Gasteiger partial charge in [-0.05, 0) is 49.9 Å². The molecule has 0 amide bonds. The Morgan fingerprint density at radius 3 is 1.67 bits per heavy atom. The zero-order valence-electron chi connectivity index (χ0n) is 12.6. The molecule has 0 aromatic carbocycles. The summed E-state index contributed by atoms with van der Waals surface area (Å²) in [5, 5.41) is 7.42. The summed E-state index contributed by atoms with van der Waals surface area (Å²) in [6.45, 7) is 11.5. The maximum Gasteiger partial charge on any atom is 0.300 e. The SMILES string of the molecule is CC(=O)O.CC(C)=O.CC1CCC2CC1C2(C)C. The van der Waals surface area contributed by atoms with Crippen LogP contribution < -0.4 is 0 Å². The first-order valence-electron chi connectivity index (χ1n) is 6.75. The first-order chi connectivity index (χ1) is 8.09. The van der Waals surface area contributed by atoms with Crippen molar-refractivity contribution < 1.29 is 14.7 Å². The topological polar surface area (TPSA) is 54.4 Å². The van der Waals surface area contributed by atoms with Gasteiger partial charge in [-0.3, -0.25) is 4.79 Å². The fourth-order valence-corrected chi connectivity index (χ4v) is 3.18. The highest BCUT2D eigenvalue weighted by atomic mass is 16.4. The minimum Gasteiger partial charge on any atom is -0.481 e. The normalized spacial score (nSPS) is 30.7. The van der Waals surface area contributed by atoms with Crippen molar-refractivity contribution in [3.63, 3.8) is 0 Å². The van der Waals surface area contributed by atoms with E-state index in [0.717, 1.165) is 24.7 Å². The zero-order chi connectivity index (χ0) is 14.5. The van der Waals surface area contributed by atoms with E-state index < -0.39 is 5.97 Å². The number of fused-ring (bicyclic) bond motifs is 2. The summed E-state index contributed by atoms with van der Waals surface area (Å²) in [5.74, 6) is 2.49. The van der Waals surface area contributed by atoms with E-state index in [4.69, 9.17) is 9.90 Å². The molecule has 2 bridgehead atoms. The van der Waals surface area contributed by atoms with Gasteiger partial charge in [0.1, 0.15) is 5.78 Å². The molecule has 3 fully saturated rings. The molecule has 0 heterocycles. The van der Waals surface area contributed by atoms with Crippen molar-refractivity contribution in [1.82, 2.24) is 0 Å². The third kappa shape index (κ3) is 5.19. The Morgan fingerprint density at radius 2 is 1.50 bits per heavy atom. The molecule has 1 N–H and O–H groups in total. The smallest absolute Gasteiger partial charge is 0.300 e. The molecule has 3 saturated carbocycles. The van der Waals surface area contributed by atoms with Crippen LogP contribution in [0.5, 0.6) is 0 Å². The largest absolute Gasteiger partial charge is 0.481 e. The molecule has 0 spiro atoms. The van der Waals surface area contributed by atoms with Gasteiger partial charge < -0.3 is 9.90 Å². The number of carbonyl (C=O) groups is 2. The number of hydrogen-bond acceptors (Lipinski definition) is 2.